The second kappa shape index (κ2) is 5.66. The predicted molar refractivity (Wildman–Crippen MR) is 90.2 cm³/mol. The predicted octanol–water partition coefficient (Wildman–Crippen LogP) is 3.75. The smallest absolute Gasteiger partial charge is 0.0366 e. The highest BCUT2D eigenvalue weighted by Crippen LogP contribution is 2.28. The number of benzene rings is 2. The molecule has 0 amide bonds. The summed E-state index contributed by atoms with van der Waals surface area (Å²) in [6.07, 6.45) is 0. The lowest BCUT2D eigenvalue weighted by atomic mass is 10.0. The van der Waals surface area contributed by atoms with Crippen LogP contribution in [0.4, 0.5) is 5.69 Å². The molecule has 0 saturated carbocycles. The highest BCUT2D eigenvalue weighted by Gasteiger charge is 2.22. The van der Waals surface area contributed by atoms with Gasteiger partial charge in [0, 0.05) is 35.8 Å². The second-order valence-electron chi connectivity index (χ2n) is 5.85. The zero-order valence-electron chi connectivity index (χ0n) is 12.2. The Morgan fingerprint density at radius 2 is 1.70 bits per heavy atom. The minimum absolute atomic E-state index is 0.709. The number of fused-ring (bicyclic) bond motifs is 1. The average molecular weight is 286 g/mol. The van der Waals surface area contributed by atoms with E-state index in [2.05, 4.69) is 66.9 Å². The van der Waals surface area contributed by atoms with Crippen LogP contribution >= 0.6 is 11.8 Å². The normalized spacial score (nSPS) is 24.1. The summed E-state index contributed by atoms with van der Waals surface area (Å²) in [6.45, 7) is 7.91. The van der Waals surface area contributed by atoms with Crippen molar-refractivity contribution < 1.29 is 0 Å². The van der Waals surface area contributed by atoms with Gasteiger partial charge in [-0.25, -0.2) is 0 Å². The van der Waals surface area contributed by atoms with Crippen LogP contribution < -0.4 is 5.73 Å². The van der Waals surface area contributed by atoms with Gasteiger partial charge in [0.15, 0.2) is 0 Å². The van der Waals surface area contributed by atoms with Gasteiger partial charge in [0.05, 0.1) is 0 Å². The molecule has 2 unspecified atom stereocenters. The Morgan fingerprint density at radius 3 is 2.35 bits per heavy atom. The summed E-state index contributed by atoms with van der Waals surface area (Å²) in [5, 5.41) is 3.93. The lowest BCUT2D eigenvalue weighted by Gasteiger charge is -2.34. The van der Waals surface area contributed by atoms with Gasteiger partial charge >= 0.3 is 0 Å². The number of nitrogens with two attached hydrogens (primary N) is 1. The Balaban J connectivity index is 1.85. The van der Waals surface area contributed by atoms with Gasteiger partial charge in [-0.1, -0.05) is 38.1 Å². The lowest BCUT2D eigenvalue weighted by molar-refractivity contribution is 0.263. The van der Waals surface area contributed by atoms with Gasteiger partial charge in [-0.3, -0.25) is 4.90 Å². The van der Waals surface area contributed by atoms with E-state index in [1.54, 1.807) is 0 Å². The number of hydrogen-bond donors (Lipinski definition) is 1. The zero-order valence-corrected chi connectivity index (χ0v) is 13.0. The van der Waals surface area contributed by atoms with Crippen LogP contribution in [0.5, 0.6) is 0 Å². The summed E-state index contributed by atoms with van der Waals surface area (Å²) in [5.41, 5.74) is 8.42. The summed E-state index contributed by atoms with van der Waals surface area (Å²) >= 11 is 2.09. The molecular weight excluding hydrogens is 264 g/mol. The Bertz CT molecular complexity index is 601. The first-order valence-corrected chi connectivity index (χ1v) is 8.21. The first-order valence-electron chi connectivity index (χ1n) is 7.27. The third kappa shape index (κ3) is 2.94. The van der Waals surface area contributed by atoms with E-state index in [4.69, 9.17) is 5.73 Å². The van der Waals surface area contributed by atoms with Crippen molar-refractivity contribution in [3.8, 4) is 0 Å². The molecule has 1 heterocycles. The first-order chi connectivity index (χ1) is 9.61. The molecule has 2 N–H and O–H groups in total. The quantitative estimate of drug-likeness (QED) is 0.853. The van der Waals surface area contributed by atoms with Gasteiger partial charge in [0.1, 0.15) is 0 Å². The molecule has 20 heavy (non-hydrogen) atoms. The van der Waals surface area contributed by atoms with E-state index in [9.17, 15) is 0 Å². The average Bonchev–Trinajstić information content (AvgIpc) is 2.38. The van der Waals surface area contributed by atoms with Gasteiger partial charge in [0.25, 0.3) is 0 Å². The molecule has 1 aliphatic heterocycles. The van der Waals surface area contributed by atoms with Crippen molar-refractivity contribution in [3.05, 3.63) is 42.0 Å². The van der Waals surface area contributed by atoms with Crippen LogP contribution in [0, 0.1) is 0 Å². The van der Waals surface area contributed by atoms with E-state index in [1.165, 1.54) is 16.3 Å². The fraction of sp³-hybridized carbons (Fsp3) is 0.412. The van der Waals surface area contributed by atoms with E-state index < -0.39 is 0 Å². The van der Waals surface area contributed by atoms with Crippen LogP contribution in [0.2, 0.25) is 0 Å². The molecule has 3 rings (SSSR count). The maximum Gasteiger partial charge on any atom is 0.0366 e. The Morgan fingerprint density at radius 1 is 1.10 bits per heavy atom. The van der Waals surface area contributed by atoms with Crippen LogP contribution in [-0.4, -0.2) is 28.5 Å². The highest BCUT2D eigenvalue weighted by atomic mass is 32.2. The molecule has 3 heteroatoms. The fourth-order valence-electron chi connectivity index (χ4n) is 3.10. The standard InChI is InChI=1S/C17H22N2S/c1-12-9-19(10-13(2)20-12)11-16-7-14-5-3-4-6-15(14)8-17(16)18/h3-8,12-13H,9-11,18H2,1-2H3. The molecule has 0 bridgehead atoms. The maximum absolute atomic E-state index is 6.24. The van der Waals surface area contributed by atoms with Gasteiger partial charge < -0.3 is 5.73 Å². The number of nitrogens with zero attached hydrogens (tertiary/aromatic N) is 1. The third-order valence-corrected chi connectivity index (χ3v) is 5.12. The summed E-state index contributed by atoms with van der Waals surface area (Å²) in [4.78, 5) is 2.53. The molecule has 0 aliphatic carbocycles. The Kier molecular flexibility index (Phi) is 3.90. The minimum atomic E-state index is 0.709. The molecule has 2 atom stereocenters. The zero-order chi connectivity index (χ0) is 14.1. The summed E-state index contributed by atoms with van der Waals surface area (Å²) in [6, 6.07) is 12.8. The SMILES string of the molecule is CC1CN(Cc2cc3ccccc3cc2N)CC(C)S1. The Labute approximate surface area is 125 Å². The molecule has 2 aromatic rings. The van der Waals surface area contributed by atoms with E-state index in [0.29, 0.717) is 10.5 Å². The van der Waals surface area contributed by atoms with Crippen molar-refractivity contribution in [1.82, 2.24) is 4.90 Å². The summed E-state index contributed by atoms with van der Waals surface area (Å²) in [5.74, 6) is 0. The molecule has 0 spiro atoms. The lowest BCUT2D eigenvalue weighted by Crippen LogP contribution is -2.39. The monoisotopic (exact) mass is 286 g/mol. The number of hydrogen-bond acceptors (Lipinski definition) is 3. The van der Waals surface area contributed by atoms with E-state index >= 15 is 0 Å². The number of rotatable bonds is 2. The third-order valence-electron chi connectivity index (χ3n) is 3.90. The molecule has 1 saturated heterocycles. The molecule has 106 valence electrons. The molecule has 2 nitrogen and oxygen atoms in total. The van der Waals surface area contributed by atoms with Gasteiger partial charge in [0.2, 0.25) is 0 Å². The van der Waals surface area contributed by atoms with Crippen molar-refractivity contribution in [2.45, 2.75) is 30.9 Å². The van der Waals surface area contributed by atoms with Crippen LogP contribution in [0.15, 0.2) is 36.4 Å². The number of anilines is 1. The van der Waals surface area contributed by atoms with Gasteiger partial charge in [-0.2, -0.15) is 11.8 Å². The highest BCUT2D eigenvalue weighted by molar-refractivity contribution is 8.00. The fourth-order valence-corrected chi connectivity index (χ4v) is 4.48. The first kappa shape index (κ1) is 13.8. The number of nitrogen functional groups attached to an aromatic ring is 1. The van der Waals surface area contributed by atoms with Crippen molar-refractivity contribution >= 4 is 28.2 Å². The van der Waals surface area contributed by atoms with Crippen LogP contribution in [0.1, 0.15) is 19.4 Å². The minimum Gasteiger partial charge on any atom is -0.398 e. The molecule has 1 aliphatic rings. The van der Waals surface area contributed by atoms with Crippen molar-refractivity contribution in [2.75, 3.05) is 18.8 Å². The van der Waals surface area contributed by atoms with Crippen molar-refractivity contribution in [2.24, 2.45) is 0 Å². The maximum atomic E-state index is 6.24. The molecular formula is C17H22N2S. The molecule has 2 aromatic carbocycles. The molecule has 0 radical (unpaired) electrons. The van der Waals surface area contributed by atoms with Crippen LogP contribution in [-0.2, 0) is 6.54 Å². The van der Waals surface area contributed by atoms with Crippen LogP contribution in [0.3, 0.4) is 0 Å². The van der Waals surface area contributed by atoms with Gasteiger partial charge in [-0.05, 0) is 28.5 Å². The second-order valence-corrected chi connectivity index (χ2v) is 7.73. The van der Waals surface area contributed by atoms with E-state index in [-0.39, 0.29) is 0 Å². The summed E-state index contributed by atoms with van der Waals surface area (Å²) < 4.78 is 0. The molecule has 0 aromatic heterocycles. The van der Waals surface area contributed by atoms with E-state index in [0.717, 1.165) is 25.3 Å². The topological polar surface area (TPSA) is 29.3 Å². The summed E-state index contributed by atoms with van der Waals surface area (Å²) in [7, 11) is 0. The number of thioether (sulfide) groups is 1. The Hall–Kier alpha value is -1.19. The largest absolute Gasteiger partial charge is 0.398 e. The van der Waals surface area contributed by atoms with E-state index in [1.807, 2.05) is 0 Å². The van der Waals surface area contributed by atoms with Crippen LogP contribution in [0.25, 0.3) is 10.8 Å². The van der Waals surface area contributed by atoms with Gasteiger partial charge in [-0.15, -0.1) is 0 Å². The molecule has 1 fully saturated rings. The van der Waals surface area contributed by atoms with Crippen molar-refractivity contribution in [1.29, 1.82) is 0 Å². The van der Waals surface area contributed by atoms with Crippen molar-refractivity contribution in [3.63, 3.8) is 0 Å².